The van der Waals surface area contributed by atoms with Crippen molar-refractivity contribution in [1.29, 1.82) is 5.26 Å². The summed E-state index contributed by atoms with van der Waals surface area (Å²) in [4.78, 5) is 30.8. The summed E-state index contributed by atoms with van der Waals surface area (Å²) in [6.07, 6.45) is 4.29. The summed E-state index contributed by atoms with van der Waals surface area (Å²) in [5, 5.41) is 15.2. The fourth-order valence-corrected chi connectivity index (χ4v) is 6.35. The Morgan fingerprint density at radius 1 is 1.16 bits per heavy atom. The van der Waals surface area contributed by atoms with E-state index < -0.39 is 17.3 Å². The molecule has 2 aliphatic rings. The summed E-state index contributed by atoms with van der Waals surface area (Å²) in [7, 11) is 3.55. The zero-order valence-corrected chi connectivity index (χ0v) is 24.0. The molecule has 1 aliphatic heterocycles. The Labute approximate surface area is 246 Å². The van der Waals surface area contributed by atoms with Gasteiger partial charge in [-0.15, -0.1) is 0 Å². The summed E-state index contributed by atoms with van der Waals surface area (Å²) in [5.74, 6) is -0.386. The van der Waals surface area contributed by atoms with Crippen molar-refractivity contribution >= 4 is 16.9 Å². The van der Waals surface area contributed by atoms with Crippen molar-refractivity contribution in [2.45, 2.75) is 43.6 Å². The maximum atomic E-state index is 13.6. The lowest BCUT2D eigenvalue weighted by atomic mass is 9.70. The maximum absolute atomic E-state index is 13.6. The number of H-pyrrole nitrogens is 1. The third-order valence-corrected chi connectivity index (χ3v) is 8.52. The van der Waals surface area contributed by atoms with E-state index in [4.69, 9.17) is 0 Å². The highest BCUT2D eigenvalue weighted by Crippen LogP contribution is 2.45. The average Bonchev–Trinajstić information content (AvgIpc) is 3.64. The third-order valence-electron chi connectivity index (χ3n) is 8.52. The van der Waals surface area contributed by atoms with Gasteiger partial charge in [0.1, 0.15) is 12.0 Å². The largest absolute Gasteiger partial charge is 0.416 e. The van der Waals surface area contributed by atoms with E-state index in [0.29, 0.717) is 44.7 Å². The smallest absolute Gasteiger partial charge is 0.346 e. The van der Waals surface area contributed by atoms with Gasteiger partial charge in [0.05, 0.1) is 35.5 Å². The molecule has 1 aliphatic carbocycles. The molecule has 1 amide bonds. The first-order valence-corrected chi connectivity index (χ1v) is 14.2. The number of aromatic amines is 1. The number of amides is 1. The van der Waals surface area contributed by atoms with E-state index in [1.165, 1.54) is 6.33 Å². The number of carbonyl (C=O) groups is 1. The summed E-state index contributed by atoms with van der Waals surface area (Å²) < 4.78 is 42.6. The van der Waals surface area contributed by atoms with Crippen LogP contribution < -0.4 is 0 Å². The monoisotopic (exact) mass is 591 g/mol. The topological polar surface area (TPSA) is 110 Å². The summed E-state index contributed by atoms with van der Waals surface area (Å²) in [6, 6.07) is 8.10. The molecular weight excluding hydrogens is 559 g/mol. The highest BCUT2D eigenvalue weighted by molar-refractivity contribution is 5.94. The Morgan fingerprint density at radius 2 is 1.93 bits per heavy atom. The van der Waals surface area contributed by atoms with Crippen molar-refractivity contribution in [3.05, 3.63) is 65.9 Å². The number of fused-ring (bicyclic) bond motifs is 1. The number of benzene rings is 1. The molecule has 1 N–H and O–H groups in total. The minimum atomic E-state index is -4.53. The van der Waals surface area contributed by atoms with Gasteiger partial charge in [0.2, 0.25) is 0 Å². The lowest BCUT2D eigenvalue weighted by Crippen LogP contribution is -2.60. The van der Waals surface area contributed by atoms with E-state index in [0.717, 1.165) is 47.3 Å². The van der Waals surface area contributed by atoms with E-state index in [1.54, 1.807) is 36.2 Å². The van der Waals surface area contributed by atoms with Crippen LogP contribution in [0.25, 0.3) is 22.3 Å². The summed E-state index contributed by atoms with van der Waals surface area (Å²) >= 11 is 0. The number of piperazine rings is 1. The van der Waals surface area contributed by atoms with Crippen LogP contribution in [0, 0.1) is 11.3 Å². The number of carbonyl (C=O) groups excluding carboxylic acids is 1. The molecule has 0 bridgehead atoms. The van der Waals surface area contributed by atoms with Gasteiger partial charge in [-0.1, -0.05) is 0 Å². The number of nitrogens with zero attached hydrogens (tertiary/aromatic N) is 8. The molecule has 224 valence electrons. The molecule has 3 aromatic heterocycles. The first kappa shape index (κ1) is 28.8. The number of halogens is 3. The molecule has 6 rings (SSSR count). The molecule has 4 aromatic rings. The minimum absolute atomic E-state index is 0.0619. The van der Waals surface area contributed by atoms with Crippen molar-refractivity contribution in [2.24, 2.45) is 0 Å². The number of rotatable bonds is 7. The predicted molar refractivity (Wildman–Crippen MR) is 153 cm³/mol. The molecule has 0 spiro atoms. The molecule has 0 radical (unpaired) electrons. The Balaban J connectivity index is 1.12. The normalized spacial score (nSPS) is 21.2. The number of aromatic nitrogens is 5. The fraction of sp³-hybridized carbons (Fsp3) is 0.433. The molecule has 10 nitrogen and oxygen atoms in total. The summed E-state index contributed by atoms with van der Waals surface area (Å²) in [5.41, 5.74) is 1.63. The van der Waals surface area contributed by atoms with Crippen LogP contribution in [-0.2, 0) is 18.3 Å². The molecule has 1 saturated heterocycles. The van der Waals surface area contributed by atoms with Crippen LogP contribution in [0.5, 0.6) is 0 Å². The first-order chi connectivity index (χ1) is 20.6. The van der Waals surface area contributed by atoms with Gasteiger partial charge in [-0.25, -0.2) is 9.97 Å². The second-order valence-electron chi connectivity index (χ2n) is 11.7. The molecule has 43 heavy (non-hydrogen) atoms. The maximum Gasteiger partial charge on any atom is 0.416 e. The van der Waals surface area contributed by atoms with Crippen LogP contribution in [0.15, 0.2) is 49.2 Å². The standard InChI is InChI=1S/C30H32F3N9O/c1-39(2)17-20-11-21(13-23(12-20)30(31,32)33)28(43)41-9-7-40(8-10-41)24-14-29(15-24,4-5-34)42-18-22(16-38-42)26-25-3-6-35-27(25)37-19-36-26/h3,6,11-13,16,18-19,24H,4,7-10,14-15,17H2,1-2H3,(H,35,36,37)/t24-,29-. The molecule has 1 saturated carbocycles. The van der Waals surface area contributed by atoms with Gasteiger partial charge in [0.15, 0.2) is 0 Å². The van der Waals surface area contributed by atoms with Crippen LogP contribution in [0.4, 0.5) is 13.2 Å². The Hall–Kier alpha value is -4.28. The molecule has 4 heterocycles. The highest BCUT2D eigenvalue weighted by Gasteiger charge is 2.49. The van der Waals surface area contributed by atoms with Crippen molar-refractivity contribution in [3.8, 4) is 17.3 Å². The minimum Gasteiger partial charge on any atom is -0.346 e. The first-order valence-electron chi connectivity index (χ1n) is 14.2. The van der Waals surface area contributed by atoms with Crippen molar-refractivity contribution in [3.63, 3.8) is 0 Å². The number of hydrogen-bond acceptors (Lipinski definition) is 7. The lowest BCUT2D eigenvalue weighted by Gasteiger charge is -2.52. The summed E-state index contributed by atoms with van der Waals surface area (Å²) in [6.45, 7) is 2.37. The number of nitrogens with one attached hydrogen (secondary N) is 1. The molecule has 1 aromatic carbocycles. The Morgan fingerprint density at radius 3 is 2.63 bits per heavy atom. The molecule has 13 heteroatoms. The lowest BCUT2D eigenvalue weighted by molar-refractivity contribution is -0.137. The van der Waals surface area contributed by atoms with Gasteiger partial charge in [0, 0.05) is 67.7 Å². The molecule has 2 fully saturated rings. The van der Waals surface area contributed by atoms with Gasteiger partial charge >= 0.3 is 6.18 Å². The molecule has 0 unspecified atom stereocenters. The SMILES string of the molecule is CN(C)Cc1cc(C(=O)N2CCN([C@H]3C[C@](CC#N)(n4cc(-c5ncnc6[nH]ccc56)cn4)C3)CC2)cc(C(F)(F)F)c1. The Bertz CT molecular complexity index is 1670. The second-order valence-corrected chi connectivity index (χ2v) is 11.7. The Kier molecular flexibility index (Phi) is 7.43. The van der Waals surface area contributed by atoms with E-state index in [9.17, 15) is 23.2 Å². The third kappa shape index (κ3) is 5.60. The number of nitriles is 1. The molecular formula is C30H32F3N9O. The van der Waals surface area contributed by atoms with Crippen LogP contribution in [0.1, 0.15) is 40.7 Å². The van der Waals surface area contributed by atoms with E-state index in [2.05, 4.69) is 31.0 Å². The van der Waals surface area contributed by atoms with E-state index >= 15 is 0 Å². The van der Waals surface area contributed by atoms with Gasteiger partial charge < -0.3 is 14.8 Å². The van der Waals surface area contributed by atoms with Crippen molar-refractivity contribution in [2.75, 3.05) is 40.3 Å². The van der Waals surface area contributed by atoms with E-state index in [1.807, 2.05) is 23.1 Å². The zero-order valence-electron chi connectivity index (χ0n) is 24.0. The van der Waals surface area contributed by atoms with Crippen molar-refractivity contribution in [1.82, 2.24) is 39.4 Å². The van der Waals surface area contributed by atoms with Crippen LogP contribution in [-0.4, -0.2) is 91.7 Å². The zero-order chi connectivity index (χ0) is 30.4. The quantitative estimate of drug-likeness (QED) is 0.344. The van der Waals surface area contributed by atoms with Crippen molar-refractivity contribution < 1.29 is 18.0 Å². The van der Waals surface area contributed by atoms with Crippen LogP contribution >= 0.6 is 0 Å². The van der Waals surface area contributed by atoms with Crippen LogP contribution in [0.2, 0.25) is 0 Å². The number of alkyl halides is 3. The average molecular weight is 592 g/mol. The van der Waals surface area contributed by atoms with Gasteiger partial charge in [-0.3, -0.25) is 14.4 Å². The van der Waals surface area contributed by atoms with Gasteiger partial charge in [-0.2, -0.15) is 23.5 Å². The molecule has 0 atom stereocenters. The van der Waals surface area contributed by atoms with E-state index in [-0.39, 0.29) is 17.5 Å². The fourth-order valence-electron chi connectivity index (χ4n) is 6.35. The predicted octanol–water partition coefficient (Wildman–Crippen LogP) is 4.13. The second kappa shape index (κ2) is 11.1. The van der Waals surface area contributed by atoms with Crippen LogP contribution in [0.3, 0.4) is 0 Å². The van der Waals surface area contributed by atoms with Gasteiger partial charge in [-0.05, 0) is 56.8 Å². The number of hydrogen-bond donors (Lipinski definition) is 1. The highest BCUT2D eigenvalue weighted by atomic mass is 19.4. The van der Waals surface area contributed by atoms with Gasteiger partial charge in [0.25, 0.3) is 5.91 Å².